The molecule has 0 spiro atoms. The van der Waals surface area contributed by atoms with E-state index < -0.39 is 0 Å². The molecule has 1 aromatic heterocycles. The fraction of sp³-hybridized carbons (Fsp3) is 0.353. The molecule has 0 aliphatic rings. The molecular formula is C17H21FN4O. The van der Waals surface area contributed by atoms with E-state index in [0.29, 0.717) is 31.1 Å². The highest BCUT2D eigenvalue weighted by Crippen LogP contribution is 2.06. The molecule has 0 aliphatic carbocycles. The monoisotopic (exact) mass is 316 g/mol. The molecule has 1 aromatic carbocycles. The number of halogens is 1. The summed E-state index contributed by atoms with van der Waals surface area (Å²) in [4.78, 5) is 22.2. The van der Waals surface area contributed by atoms with Crippen LogP contribution >= 0.6 is 0 Å². The molecule has 5 nitrogen and oxygen atoms in total. The molecule has 0 aliphatic heterocycles. The molecule has 0 fully saturated rings. The summed E-state index contributed by atoms with van der Waals surface area (Å²) in [5.41, 5.74) is 1.39. The van der Waals surface area contributed by atoms with Gasteiger partial charge in [0.15, 0.2) is 0 Å². The molecule has 122 valence electrons. The lowest BCUT2D eigenvalue weighted by Gasteiger charge is -2.17. The maximum Gasteiger partial charge on any atom is 0.274 e. The van der Waals surface area contributed by atoms with Crippen LogP contribution in [0.15, 0.2) is 36.7 Å². The summed E-state index contributed by atoms with van der Waals surface area (Å²) < 4.78 is 12.8. The minimum absolute atomic E-state index is 0.111. The van der Waals surface area contributed by atoms with Gasteiger partial charge in [-0.25, -0.2) is 14.4 Å². The Hall–Kier alpha value is -2.50. The number of hydrogen-bond donors (Lipinski definition) is 1. The first-order valence-electron chi connectivity index (χ1n) is 7.73. The van der Waals surface area contributed by atoms with Crippen LogP contribution in [-0.2, 0) is 6.42 Å². The fourth-order valence-corrected chi connectivity index (χ4v) is 2.19. The van der Waals surface area contributed by atoms with Crippen LogP contribution < -0.4 is 5.32 Å². The van der Waals surface area contributed by atoms with Gasteiger partial charge in [0.1, 0.15) is 17.3 Å². The first-order chi connectivity index (χ1) is 11.1. The normalized spacial score (nSPS) is 10.4. The zero-order chi connectivity index (χ0) is 16.7. The molecule has 1 heterocycles. The molecular weight excluding hydrogens is 295 g/mol. The van der Waals surface area contributed by atoms with Gasteiger partial charge in [-0.1, -0.05) is 12.1 Å². The highest BCUT2D eigenvalue weighted by atomic mass is 19.1. The molecule has 2 aromatic rings. The number of aromatic nitrogens is 2. The highest BCUT2D eigenvalue weighted by Gasteiger charge is 2.13. The fourth-order valence-electron chi connectivity index (χ4n) is 2.19. The van der Waals surface area contributed by atoms with Crippen LogP contribution in [0.4, 0.5) is 10.2 Å². The second-order valence-electron chi connectivity index (χ2n) is 5.07. The van der Waals surface area contributed by atoms with E-state index in [-0.39, 0.29) is 11.7 Å². The number of nitrogens with zero attached hydrogens (tertiary/aromatic N) is 3. The van der Waals surface area contributed by atoms with Crippen molar-refractivity contribution in [3.63, 3.8) is 0 Å². The van der Waals surface area contributed by atoms with Crippen molar-refractivity contribution >= 4 is 11.7 Å². The van der Waals surface area contributed by atoms with Gasteiger partial charge >= 0.3 is 0 Å². The number of hydrogen-bond acceptors (Lipinski definition) is 4. The van der Waals surface area contributed by atoms with Crippen LogP contribution in [-0.4, -0.2) is 40.4 Å². The van der Waals surface area contributed by atoms with Crippen LogP contribution in [0.25, 0.3) is 0 Å². The smallest absolute Gasteiger partial charge is 0.274 e. The summed E-state index contributed by atoms with van der Waals surface area (Å²) >= 11 is 0. The lowest BCUT2D eigenvalue weighted by Crippen LogP contribution is -2.31. The Morgan fingerprint density at radius 1 is 1.13 bits per heavy atom. The number of benzene rings is 1. The molecule has 1 amide bonds. The van der Waals surface area contributed by atoms with Crippen molar-refractivity contribution in [3.8, 4) is 0 Å². The summed E-state index contributed by atoms with van der Waals surface area (Å²) in [6.45, 7) is 5.81. The van der Waals surface area contributed by atoms with Gasteiger partial charge in [0.2, 0.25) is 0 Å². The van der Waals surface area contributed by atoms with Crippen LogP contribution in [0.2, 0.25) is 0 Å². The predicted octanol–water partition coefficient (Wildman–Crippen LogP) is 2.75. The van der Waals surface area contributed by atoms with E-state index in [9.17, 15) is 9.18 Å². The maximum absolute atomic E-state index is 12.8. The van der Waals surface area contributed by atoms with E-state index in [2.05, 4.69) is 15.3 Å². The predicted molar refractivity (Wildman–Crippen MR) is 87.9 cm³/mol. The molecule has 0 saturated carbocycles. The Labute approximate surface area is 135 Å². The summed E-state index contributed by atoms with van der Waals surface area (Å²) in [6, 6.07) is 6.41. The molecule has 0 bridgehead atoms. The quantitative estimate of drug-likeness (QED) is 0.853. The minimum Gasteiger partial charge on any atom is -0.368 e. The van der Waals surface area contributed by atoms with Gasteiger partial charge in [0.05, 0.1) is 12.4 Å². The van der Waals surface area contributed by atoms with Crippen molar-refractivity contribution in [2.75, 3.05) is 25.0 Å². The molecule has 2 rings (SSSR count). The van der Waals surface area contributed by atoms with Crippen LogP contribution in [0.1, 0.15) is 29.9 Å². The number of carbonyl (C=O) groups excluding carboxylic acids is 1. The largest absolute Gasteiger partial charge is 0.368 e. The van der Waals surface area contributed by atoms with Crippen LogP contribution in [0.5, 0.6) is 0 Å². The molecule has 0 radical (unpaired) electrons. The standard InChI is InChI=1S/C17H21FN4O/c1-3-22(4-2)17(23)15-11-21-16(12-20-15)19-10-9-13-5-7-14(18)8-6-13/h5-8,11-12H,3-4,9-10H2,1-2H3,(H,19,21). The molecule has 0 unspecified atom stereocenters. The third-order valence-corrected chi connectivity index (χ3v) is 3.55. The molecule has 0 saturated heterocycles. The van der Waals surface area contributed by atoms with E-state index in [1.54, 1.807) is 23.2 Å². The van der Waals surface area contributed by atoms with E-state index in [1.165, 1.54) is 18.3 Å². The number of nitrogens with one attached hydrogen (secondary N) is 1. The molecule has 0 atom stereocenters. The summed E-state index contributed by atoms with van der Waals surface area (Å²) in [7, 11) is 0. The first-order valence-corrected chi connectivity index (χ1v) is 7.73. The van der Waals surface area contributed by atoms with Crippen molar-refractivity contribution in [1.29, 1.82) is 0 Å². The molecule has 1 N–H and O–H groups in total. The highest BCUT2D eigenvalue weighted by molar-refractivity contribution is 5.92. The number of carbonyl (C=O) groups is 1. The van der Waals surface area contributed by atoms with Gasteiger partial charge in [-0.3, -0.25) is 4.79 Å². The van der Waals surface area contributed by atoms with Gasteiger partial charge in [0, 0.05) is 19.6 Å². The average molecular weight is 316 g/mol. The number of amides is 1. The van der Waals surface area contributed by atoms with Gasteiger partial charge < -0.3 is 10.2 Å². The topological polar surface area (TPSA) is 58.1 Å². The van der Waals surface area contributed by atoms with Crippen molar-refractivity contribution < 1.29 is 9.18 Å². The zero-order valence-electron chi connectivity index (χ0n) is 13.4. The van der Waals surface area contributed by atoms with Gasteiger partial charge in [-0.15, -0.1) is 0 Å². The Morgan fingerprint density at radius 2 is 1.83 bits per heavy atom. The van der Waals surface area contributed by atoms with Crippen LogP contribution in [0.3, 0.4) is 0 Å². The Balaban J connectivity index is 1.87. The van der Waals surface area contributed by atoms with Crippen molar-refractivity contribution in [2.45, 2.75) is 20.3 Å². The van der Waals surface area contributed by atoms with Crippen LogP contribution in [0, 0.1) is 5.82 Å². The summed E-state index contributed by atoms with van der Waals surface area (Å²) in [5.74, 6) is 0.268. The molecule has 23 heavy (non-hydrogen) atoms. The maximum atomic E-state index is 12.8. The number of anilines is 1. The minimum atomic E-state index is -0.235. The third kappa shape index (κ3) is 4.74. The van der Waals surface area contributed by atoms with Crippen molar-refractivity contribution in [3.05, 3.63) is 53.7 Å². The van der Waals surface area contributed by atoms with Crippen molar-refractivity contribution in [1.82, 2.24) is 14.9 Å². The second kappa shape index (κ2) is 8.22. The number of rotatable bonds is 7. The van der Waals surface area contributed by atoms with E-state index in [4.69, 9.17) is 0 Å². The summed E-state index contributed by atoms with van der Waals surface area (Å²) in [5, 5.41) is 3.14. The van der Waals surface area contributed by atoms with Crippen molar-refractivity contribution in [2.24, 2.45) is 0 Å². The first kappa shape index (κ1) is 16.9. The lowest BCUT2D eigenvalue weighted by molar-refractivity contribution is 0.0766. The lowest BCUT2D eigenvalue weighted by atomic mass is 10.1. The molecule has 6 heteroatoms. The third-order valence-electron chi connectivity index (χ3n) is 3.55. The average Bonchev–Trinajstić information content (AvgIpc) is 2.58. The van der Waals surface area contributed by atoms with E-state index in [0.717, 1.165) is 12.0 Å². The van der Waals surface area contributed by atoms with E-state index in [1.807, 2.05) is 13.8 Å². The van der Waals surface area contributed by atoms with Gasteiger partial charge in [-0.05, 0) is 38.0 Å². The SMILES string of the molecule is CCN(CC)C(=O)c1cnc(NCCc2ccc(F)cc2)cn1. The zero-order valence-corrected chi connectivity index (χ0v) is 13.4. The van der Waals surface area contributed by atoms with Gasteiger partial charge in [-0.2, -0.15) is 0 Å². The van der Waals surface area contributed by atoms with E-state index >= 15 is 0 Å². The Bertz CT molecular complexity index is 624. The Morgan fingerprint density at radius 3 is 2.39 bits per heavy atom. The second-order valence-corrected chi connectivity index (χ2v) is 5.07. The summed E-state index contributed by atoms with van der Waals surface area (Å²) in [6.07, 6.45) is 3.80. The Kier molecular flexibility index (Phi) is 6.02. The van der Waals surface area contributed by atoms with Gasteiger partial charge in [0.25, 0.3) is 5.91 Å².